The zero-order chi connectivity index (χ0) is 19.2. The number of carbonyl (C=O) groups is 1. The summed E-state index contributed by atoms with van der Waals surface area (Å²) in [6.45, 7) is 4.74. The second kappa shape index (κ2) is 7.14. The summed E-state index contributed by atoms with van der Waals surface area (Å²) in [6.07, 6.45) is 1.57. The van der Waals surface area contributed by atoms with Crippen LogP contribution in [0.15, 0.2) is 33.5 Å². The molecule has 1 fully saturated rings. The molecule has 1 aromatic carbocycles. The Morgan fingerprint density at radius 2 is 2.15 bits per heavy atom. The van der Waals surface area contributed by atoms with E-state index in [9.17, 15) is 9.59 Å². The van der Waals surface area contributed by atoms with Crippen LogP contribution in [0.4, 0.5) is 5.82 Å². The Morgan fingerprint density at radius 1 is 1.33 bits per heavy atom. The van der Waals surface area contributed by atoms with Gasteiger partial charge >= 0.3 is 0 Å². The number of aromatic amines is 1. The van der Waals surface area contributed by atoms with Crippen molar-refractivity contribution in [2.45, 2.75) is 43.6 Å². The fourth-order valence-corrected chi connectivity index (χ4v) is 5.40. The van der Waals surface area contributed by atoms with Gasteiger partial charge in [0.1, 0.15) is 5.82 Å². The second-order valence-corrected chi connectivity index (χ2v) is 9.63. The number of thioether (sulfide) groups is 1. The Labute approximate surface area is 170 Å². The fourth-order valence-electron chi connectivity index (χ4n) is 3.87. The lowest BCUT2D eigenvalue weighted by atomic mass is 9.94. The van der Waals surface area contributed by atoms with Crippen LogP contribution in [-0.4, -0.2) is 33.6 Å². The van der Waals surface area contributed by atoms with Gasteiger partial charge in [-0.05, 0) is 44.4 Å². The molecule has 144 valence electrons. The molecule has 4 rings (SSSR count). The standard InChI is InChI=1S/C19H22BrN3O3S/c1-19(2)9-13(6-7-26-19)23-17-15(18(25)22-23)16(27-10-14(24)21-17)11-4-3-5-12(20)8-11/h3-5,8,13,16H,6-7,9-10H2,1-2H3,(H,21,24)(H,22,25)/t13-,16-/m0/s1. The number of benzene rings is 1. The Balaban J connectivity index is 1.81. The van der Waals surface area contributed by atoms with E-state index in [1.54, 1.807) is 0 Å². The molecule has 2 atom stereocenters. The van der Waals surface area contributed by atoms with Crippen molar-refractivity contribution in [1.82, 2.24) is 9.78 Å². The summed E-state index contributed by atoms with van der Waals surface area (Å²) < 4.78 is 8.62. The smallest absolute Gasteiger partial charge is 0.270 e. The summed E-state index contributed by atoms with van der Waals surface area (Å²) in [5, 5.41) is 5.76. The number of carbonyl (C=O) groups excluding carboxylic acids is 1. The first kappa shape index (κ1) is 18.8. The van der Waals surface area contributed by atoms with Crippen LogP contribution in [0.2, 0.25) is 0 Å². The number of H-pyrrole nitrogens is 1. The third-order valence-corrected chi connectivity index (χ3v) is 6.81. The molecule has 1 saturated heterocycles. The molecular weight excluding hydrogens is 430 g/mol. The summed E-state index contributed by atoms with van der Waals surface area (Å²) in [5.41, 5.74) is 1.22. The van der Waals surface area contributed by atoms with Crippen molar-refractivity contribution in [3.8, 4) is 0 Å². The lowest BCUT2D eigenvalue weighted by Gasteiger charge is -2.36. The van der Waals surface area contributed by atoms with E-state index in [4.69, 9.17) is 4.74 Å². The minimum Gasteiger partial charge on any atom is -0.375 e. The van der Waals surface area contributed by atoms with E-state index in [1.807, 2.05) is 28.9 Å². The minimum absolute atomic E-state index is 0.0803. The molecule has 8 heteroatoms. The van der Waals surface area contributed by atoms with Crippen molar-refractivity contribution in [3.05, 3.63) is 50.2 Å². The number of amides is 1. The first-order valence-electron chi connectivity index (χ1n) is 8.99. The second-order valence-electron chi connectivity index (χ2n) is 7.62. The van der Waals surface area contributed by atoms with Crippen LogP contribution in [-0.2, 0) is 9.53 Å². The molecule has 2 N–H and O–H groups in total. The molecular formula is C19H22BrN3O3S. The van der Waals surface area contributed by atoms with E-state index < -0.39 is 0 Å². The maximum absolute atomic E-state index is 12.9. The quantitative estimate of drug-likeness (QED) is 0.726. The third-order valence-electron chi connectivity index (χ3n) is 5.05. The Hall–Kier alpha value is -1.51. The van der Waals surface area contributed by atoms with E-state index in [0.29, 0.717) is 23.7 Å². The molecule has 0 unspecified atom stereocenters. The van der Waals surface area contributed by atoms with Crippen LogP contribution >= 0.6 is 27.7 Å². The summed E-state index contributed by atoms with van der Waals surface area (Å²) in [5.74, 6) is 0.824. The first-order valence-corrected chi connectivity index (χ1v) is 10.8. The van der Waals surface area contributed by atoms with Gasteiger partial charge < -0.3 is 10.1 Å². The number of hydrogen-bond acceptors (Lipinski definition) is 4. The van der Waals surface area contributed by atoms with Crippen molar-refractivity contribution in [2.75, 3.05) is 17.7 Å². The minimum atomic E-state index is -0.260. The number of nitrogens with one attached hydrogen (secondary N) is 2. The molecule has 3 heterocycles. The molecule has 0 aliphatic carbocycles. The predicted octanol–water partition coefficient (Wildman–Crippen LogP) is 3.84. The lowest BCUT2D eigenvalue weighted by Crippen LogP contribution is -2.36. The van der Waals surface area contributed by atoms with Crippen LogP contribution < -0.4 is 10.9 Å². The number of halogens is 1. The number of ether oxygens (including phenoxy) is 1. The highest BCUT2D eigenvalue weighted by Crippen LogP contribution is 2.42. The first-order chi connectivity index (χ1) is 12.8. The van der Waals surface area contributed by atoms with Gasteiger partial charge in [0, 0.05) is 11.1 Å². The van der Waals surface area contributed by atoms with Crippen molar-refractivity contribution in [2.24, 2.45) is 0 Å². The monoisotopic (exact) mass is 451 g/mol. The Morgan fingerprint density at radius 3 is 2.89 bits per heavy atom. The summed E-state index contributed by atoms with van der Waals surface area (Å²) in [4.78, 5) is 25.3. The van der Waals surface area contributed by atoms with Crippen LogP contribution in [0.1, 0.15) is 49.1 Å². The van der Waals surface area contributed by atoms with Crippen LogP contribution in [0, 0.1) is 0 Å². The average molecular weight is 452 g/mol. The maximum atomic E-state index is 12.9. The molecule has 2 aliphatic rings. The Kier molecular flexibility index (Phi) is 4.98. The zero-order valence-corrected chi connectivity index (χ0v) is 17.7. The SMILES string of the molecule is CC1(C)C[C@@H](n2[nH]c(=O)c3c2NC(=O)CS[C@H]3c2cccc(Br)c2)CCO1. The van der Waals surface area contributed by atoms with Crippen molar-refractivity contribution in [1.29, 1.82) is 0 Å². The highest BCUT2D eigenvalue weighted by molar-refractivity contribution is 9.10. The maximum Gasteiger partial charge on any atom is 0.270 e. The number of aromatic nitrogens is 2. The van der Waals surface area contributed by atoms with Gasteiger partial charge in [-0.2, -0.15) is 0 Å². The average Bonchev–Trinajstić information content (AvgIpc) is 2.80. The van der Waals surface area contributed by atoms with Crippen molar-refractivity contribution in [3.63, 3.8) is 0 Å². The lowest BCUT2D eigenvalue weighted by molar-refractivity contribution is -0.113. The number of hydrogen-bond donors (Lipinski definition) is 2. The number of anilines is 1. The third kappa shape index (κ3) is 3.75. The molecule has 1 aromatic heterocycles. The van der Waals surface area contributed by atoms with E-state index in [0.717, 1.165) is 22.9 Å². The normalized spacial score (nSPS) is 24.8. The van der Waals surface area contributed by atoms with Gasteiger partial charge in [-0.3, -0.25) is 19.4 Å². The highest BCUT2D eigenvalue weighted by atomic mass is 79.9. The van der Waals surface area contributed by atoms with Gasteiger partial charge in [-0.1, -0.05) is 28.1 Å². The Bertz CT molecular complexity index is 937. The van der Waals surface area contributed by atoms with Gasteiger partial charge in [-0.15, -0.1) is 11.8 Å². The summed E-state index contributed by atoms with van der Waals surface area (Å²) in [7, 11) is 0. The highest BCUT2D eigenvalue weighted by Gasteiger charge is 2.35. The molecule has 6 nitrogen and oxygen atoms in total. The summed E-state index contributed by atoms with van der Waals surface area (Å²) in [6, 6.07) is 7.99. The van der Waals surface area contributed by atoms with Crippen LogP contribution in [0.25, 0.3) is 0 Å². The van der Waals surface area contributed by atoms with E-state index in [2.05, 4.69) is 40.2 Å². The van der Waals surface area contributed by atoms with E-state index >= 15 is 0 Å². The largest absolute Gasteiger partial charge is 0.375 e. The zero-order valence-electron chi connectivity index (χ0n) is 15.3. The number of rotatable bonds is 2. The molecule has 0 saturated carbocycles. The van der Waals surface area contributed by atoms with Gasteiger partial charge in [0.25, 0.3) is 5.56 Å². The van der Waals surface area contributed by atoms with Gasteiger partial charge in [-0.25, -0.2) is 0 Å². The molecule has 2 aliphatic heterocycles. The van der Waals surface area contributed by atoms with Crippen molar-refractivity contribution < 1.29 is 9.53 Å². The van der Waals surface area contributed by atoms with Crippen molar-refractivity contribution >= 4 is 39.4 Å². The van der Waals surface area contributed by atoms with Crippen LogP contribution in [0.5, 0.6) is 0 Å². The summed E-state index contributed by atoms with van der Waals surface area (Å²) >= 11 is 4.98. The van der Waals surface area contributed by atoms with E-state index in [-0.39, 0.29) is 28.4 Å². The van der Waals surface area contributed by atoms with Crippen LogP contribution in [0.3, 0.4) is 0 Å². The molecule has 2 aromatic rings. The topological polar surface area (TPSA) is 76.1 Å². The number of fused-ring (bicyclic) bond motifs is 1. The predicted molar refractivity (Wildman–Crippen MR) is 110 cm³/mol. The van der Waals surface area contributed by atoms with Gasteiger partial charge in [0.2, 0.25) is 5.91 Å². The molecule has 0 spiro atoms. The van der Waals surface area contributed by atoms with E-state index in [1.165, 1.54) is 11.8 Å². The molecule has 0 radical (unpaired) electrons. The number of nitrogens with zero attached hydrogens (tertiary/aromatic N) is 1. The molecule has 1 amide bonds. The molecule has 0 bridgehead atoms. The van der Waals surface area contributed by atoms with Gasteiger partial charge in [0.15, 0.2) is 0 Å². The fraction of sp³-hybridized carbons (Fsp3) is 0.474. The molecule has 27 heavy (non-hydrogen) atoms. The van der Waals surface area contributed by atoms with Gasteiger partial charge in [0.05, 0.1) is 28.2 Å².